The van der Waals surface area contributed by atoms with Crippen LogP contribution in [0, 0.1) is 19.7 Å². The smallest absolute Gasteiger partial charge is 0.251 e. The zero-order chi connectivity index (χ0) is 14.0. The Kier molecular flexibility index (Phi) is 3.50. The van der Waals surface area contributed by atoms with Crippen LogP contribution in [0.2, 0.25) is 0 Å². The first-order chi connectivity index (χ1) is 8.99. The van der Waals surface area contributed by atoms with Crippen LogP contribution >= 0.6 is 0 Å². The van der Waals surface area contributed by atoms with Crippen LogP contribution in [-0.2, 0) is 6.54 Å². The third-order valence-electron chi connectivity index (χ3n) is 3.02. The van der Waals surface area contributed by atoms with Crippen LogP contribution in [0.4, 0.5) is 10.1 Å². The quantitative estimate of drug-likeness (QED) is 0.736. The molecule has 0 spiro atoms. The number of nitrogens with two attached hydrogens (primary N) is 1. The predicted molar refractivity (Wildman–Crippen MR) is 70.0 cm³/mol. The van der Waals surface area contributed by atoms with Crippen LogP contribution in [0.5, 0.6) is 0 Å². The van der Waals surface area contributed by atoms with E-state index in [4.69, 9.17) is 5.73 Å². The van der Waals surface area contributed by atoms with Crippen molar-refractivity contribution in [3.05, 3.63) is 46.5 Å². The number of benzene rings is 1. The van der Waals surface area contributed by atoms with Crippen molar-refractivity contribution in [1.82, 2.24) is 15.5 Å². The number of H-pyrrole nitrogens is 1. The molecule has 1 amide bonds. The molecule has 1 heterocycles. The number of aromatic nitrogens is 2. The van der Waals surface area contributed by atoms with Gasteiger partial charge in [-0.1, -0.05) is 0 Å². The topological polar surface area (TPSA) is 83.8 Å². The lowest BCUT2D eigenvalue weighted by atomic mass is 10.1. The lowest BCUT2D eigenvalue weighted by Gasteiger charge is -2.07. The van der Waals surface area contributed by atoms with E-state index in [1.165, 1.54) is 12.1 Å². The lowest BCUT2D eigenvalue weighted by molar-refractivity contribution is 0.0950. The number of nitrogens with one attached hydrogen (secondary N) is 2. The van der Waals surface area contributed by atoms with E-state index < -0.39 is 5.82 Å². The second-order valence-electron chi connectivity index (χ2n) is 4.38. The van der Waals surface area contributed by atoms with Gasteiger partial charge in [0.15, 0.2) is 0 Å². The molecule has 0 aliphatic carbocycles. The molecule has 19 heavy (non-hydrogen) atoms. The standard InChI is InChI=1S/C13H15FN4O/c1-7-11(14)3-9(4-12(7)15)13(19)16-5-10-6-17-18-8(10)2/h3-4,6H,5,15H2,1-2H3,(H,16,19)(H,17,18). The lowest BCUT2D eigenvalue weighted by Crippen LogP contribution is -2.23. The number of hydrogen-bond donors (Lipinski definition) is 3. The van der Waals surface area contributed by atoms with E-state index in [-0.39, 0.29) is 17.2 Å². The van der Waals surface area contributed by atoms with Crippen LogP contribution in [-0.4, -0.2) is 16.1 Å². The molecular weight excluding hydrogens is 247 g/mol. The first-order valence-electron chi connectivity index (χ1n) is 5.81. The number of nitrogens with zero attached hydrogens (tertiary/aromatic N) is 1. The van der Waals surface area contributed by atoms with E-state index in [1.807, 2.05) is 6.92 Å². The summed E-state index contributed by atoms with van der Waals surface area (Å²) in [6.07, 6.45) is 1.64. The Morgan fingerprint density at radius 1 is 1.47 bits per heavy atom. The number of aromatic amines is 1. The van der Waals surface area contributed by atoms with E-state index in [0.29, 0.717) is 12.1 Å². The molecule has 4 N–H and O–H groups in total. The van der Waals surface area contributed by atoms with Gasteiger partial charge in [-0.05, 0) is 26.0 Å². The SMILES string of the molecule is Cc1[nH]ncc1CNC(=O)c1cc(N)c(C)c(F)c1. The molecule has 0 aliphatic rings. The van der Waals surface area contributed by atoms with Crippen LogP contribution in [0.15, 0.2) is 18.3 Å². The van der Waals surface area contributed by atoms with Gasteiger partial charge in [-0.25, -0.2) is 4.39 Å². The Hall–Kier alpha value is -2.37. The molecule has 2 aromatic rings. The van der Waals surface area contributed by atoms with Crippen LogP contribution < -0.4 is 11.1 Å². The average Bonchev–Trinajstić information content (AvgIpc) is 2.78. The number of nitrogen functional groups attached to an aromatic ring is 1. The fourth-order valence-corrected chi connectivity index (χ4v) is 1.66. The molecule has 0 aliphatic heterocycles. The molecule has 0 radical (unpaired) electrons. The van der Waals surface area contributed by atoms with Crippen molar-refractivity contribution in [2.75, 3.05) is 5.73 Å². The molecule has 0 saturated heterocycles. The second kappa shape index (κ2) is 5.09. The van der Waals surface area contributed by atoms with Crippen molar-refractivity contribution in [3.63, 3.8) is 0 Å². The first kappa shape index (κ1) is 13.1. The molecule has 5 nitrogen and oxygen atoms in total. The molecule has 100 valence electrons. The minimum Gasteiger partial charge on any atom is -0.398 e. The van der Waals surface area contributed by atoms with E-state index in [2.05, 4.69) is 15.5 Å². The first-order valence-corrected chi connectivity index (χ1v) is 5.81. The fraction of sp³-hybridized carbons (Fsp3) is 0.231. The molecule has 1 aromatic heterocycles. The normalized spacial score (nSPS) is 10.5. The van der Waals surface area contributed by atoms with Gasteiger partial charge in [0.1, 0.15) is 5.82 Å². The fourth-order valence-electron chi connectivity index (χ4n) is 1.66. The van der Waals surface area contributed by atoms with Crippen molar-refractivity contribution in [2.45, 2.75) is 20.4 Å². The molecule has 6 heteroatoms. The van der Waals surface area contributed by atoms with Gasteiger partial charge in [0.25, 0.3) is 5.91 Å². The summed E-state index contributed by atoms with van der Waals surface area (Å²) in [5.41, 5.74) is 8.23. The van der Waals surface area contributed by atoms with E-state index in [0.717, 1.165) is 11.3 Å². The number of carbonyl (C=O) groups excluding carboxylic acids is 1. The number of halogens is 1. The summed E-state index contributed by atoms with van der Waals surface area (Å²) in [6.45, 7) is 3.76. The predicted octanol–water partition coefficient (Wildman–Crippen LogP) is 1.68. The van der Waals surface area contributed by atoms with Crippen LogP contribution in [0.25, 0.3) is 0 Å². The Labute approximate surface area is 110 Å². The number of rotatable bonds is 3. The van der Waals surface area contributed by atoms with Gasteiger partial charge in [-0.2, -0.15) is 5.10 Å². The number of aryl methyl sites for hydroxylation is 1. The minimum atomic E-state index is -0.482. The third-order valence-corrected chi connectivity index (χ3v) is 3.02. The van der Waals surface area contributed by atoms with Crippen molar-refractivity contribution in [2.24, 2.45) is 0 Å². The Morgan fingerprint density at radius 2 is 2.21 bits per heavy atom. The Bertz CT molecular complexity index is 598. The summed E-state index contributed by atoms with van der Waals surface area (Å²) < 4.78 is 13.5. The highest BCUT2D eigenvalue weighted by Crippen LogP contribution is 2.17. The molecule has 1 aromatic carbocycles. The summed E-state index contributed by atoms with van der Waals surface area (Å²) >= 11 is 0. The van der Waals surface area contributed by atoms with Gasteiger partial charge >= 0.3 is 0 Å². The number of amides is 1. The zero-order valence-electron chi connectivity index (χ0n) is 10.7. The maximum atomic E-state index is 13.5. The van der Waals surface area contributed by atoms with Gasteiger partial charge < -0.3 is 11.1 Å². The van der Waals surface area contributed by atoms with E-state index in [9.17, 15) is 9.18 Å². The molecule has 2 rings (SSSR count). The monoisotopic (exact) mass is 262 g/mol. The molecule has 0 unspecified atom stereocenters. The van der Waals surface area contributed by atoms with Crippen LogP contribution in [0.3, 0.4) is 0 Å². The molecule has 0 fully saturated rings. The maximum absolute atomic E-state index is 13.5. The molecule has 0 bridgehead atoms. The summed E-state index contributed by atoms with van der Waals surface area (Å²) in [7, 11) is 0. The minimum absolute atomic E-state index is 0.210. The van der Waals surface area contributed by atoms with Crippen molar-refractivity contribution in [1.29, 1.82) is 0 Å². The summed E-state index contributed by atoms with van der Waals surface area (Å²) in [5.74, 6) is -0.851. The largest absolute Gasteiger partial charge is 0.398 e. The number of anilines is 1. The highest BCUT2D eigenvalue weighted by molar-refractivity contribution is 5.95. The highest BCUT2D eigenvalue weighted by Gasteiger charge is 2.11. The Morgan fingerprint density at radius 3 is 2.79 bits per heavy atom. The van der Waals surface area contributed by atoms with E-state index in [1.54, 1.807) is 13.1 Å². The van der Waals surface area contributed by atoms with Crippen molar-refractivity contribution in [3.8, 4) is 0 Å². The Balaban J connectivity index is 2.10. The summed E-state index contributed by atoms with van der Waals surface area (Å²) in [4.78, 5) is 11.9. The van der Waals surface area contributed by atoms with E-state index >= 15 is 0 Å². The highest BCUT2D eigenvalue weighted by atomic mass is 19.1. The third kappa shape index (κ3) is 2.73. The number of hydrogen-bond acceptors (Lipinski definition) is 3. The van der Waals surface area contributed by atoms with Crippen molar-refractivity contribution < 1.29 is 9.18 Å². The van der Waals surface area contributed by atoms with Gasteiger partial charge in [-0.15, -0.1) is 0 Å². The van der Waals surface area contributed by atoms with Gasteiger partial charge in [0.2, 0.25) is 0 Å². The van der Waals surface area contributed by atoms with Crippen molar-refractivity contribution >= 4 is 11.6 Å². The maximum Gasteiger partial charge on any atom is 0.251 e. The molecular formula is C13H15FN4O. The zero-order valence-corrected chi connectivity index (χ0v) is 10.7. The number of carbonyl (C=O) groups is 1. The van der Waals surface area contributed by atoms with Gasteiger partial charge in [0.05, 0.1) is 6.20 Å². The van der Waals surface area contributed by atoms with Gasteiger partial charge in [0, 0.05) is 34.6 Å². The van der Waals surface area contributed by atoms with Crippen LogP contribution in [0.1, 0.15) is 27.2 Å². The van der Waals surface area contributed by atoms with Gasteiger partial charge in [-0.3, -0.25) is 9.89 Å². The summed E-state index contributed by atoms with van der Waals surface area (Å²) in [5, 5.41) is 9.33. The molecule has 0 saturated carbocycles. The molecule has 0 atom stereocenters. The second-order valence-corrected chi connectivity index (χ2v) is 4.38. The summed E-state index contributed by atoms with van der Waals surface area (Å²) in [6, 6.07) is 2.65. The average molecular weight is 262 g/mol.